The average Bonchev–Trinajstić information content (AvgIpc) is 3.04. The summed E-state index contributed by atoms with van der Waals surface area (Å²) in [5.41, 5.74) is 7.12. The van der Waals surface area contributed by atoms with Crippen LogP contribution in [0.25, 0.3) is 0 Å². The molecule has 0 aliphatic carbocycles. The van der Waals surface area contributed by atoms with E-state index in [0.717, 1.165) is 12.1 Å². The monoisotopic (exact) mass is 324 g/mol. The maximum atomic E-state index is 11.4. The van der Waals surface area contributed by atoms with Crippen LogP contribution in [-0.4, -0.2) is 19.1 Å². The number of hydrazine groups is 1. The van der Waals surface area contributed by atoms with Gasteiger partial charge in [-0.25, -0.2) is 10.2 Å². The largest absolute Gasteiger partial charge is 0.468 e. The predicted octanol–water partition coefficient (Wildman–Crippen LogP) is 4.61. The summed E-state index contributed by atoms with van der Waals surface area (Å²) in [4.78, 5) is 11.4. The Balaban J connectivity index is 1.86. The molecule has 1 aliphatic heterocycles. The molecular formula is C19H36N2O2. The molecule has 0 spiro atoms. The van der Waals surface area contributed by atoms with Crippen molar-refractivity contribution in [3.8, 4) is 0 Å². The smallest absolute Gasteiger partial charge is 0.328 e. The van der Waals surface area contributed by atoms with Crippen LogP contribution in [0.2, 0.25) is 0 Å². The first-order chi connectivity index (χ1) is 11.3. The van der Waals surface area contributed by atoms with E-state index in [1.54, 1.807) is 0 Å². The fourth-order valence-corrected chi connectivity index (χ4v) is 3.01. The van der Waals surface area contributed by atoms with Gasteiger partial charge in [0.1, 0.15) is 6.04 Å². The molecule has 1 heterocycles. The first-order valence-corrected chi connectivity index (χ1v) is 9.58. The molecule has 4 heteroatoms. The summed E-state index contributed by atoms with van der Waals surface area (Å²) in [6.45, 7) is 2.27. The Morgan fingerprint density at radius 3 is 2.00 bits per heavy atom. The number of carbonyl (C=O) groups is 1. The minimum atomic E-state index is -0.327. The Morgan fingerprint density at radius 1 is 0.957 bits per heavy atom. The molecule has 0 aromatic heterocycles. The lowest BCUT2D eigenvalue weighted by Gasteiger charge is -2.06. The molecule has 0 radical (unpaired) electrons. The van der Waals surface area contributed by atoms with Gasteiger partial charge in [-0.3, -0.25) is 0 Å². The molecule has 0 saturated carbocycles. The number of hydrogen-bond donors (Lipinski definition) is 2. The Kier molecular flexibility index (Phi) is 11.7. The second-order valence-corrected chi connectivity index (χ2v) is 6.60. The molecule has 4 nitrogen and oxygen atoms in total. The van der Waals surface area contributed by atoms with Gasteiger partial charge in [-0.1, -0.05) is 77.6 Å². The van der Waals surface area contributed by atoms with Gasteiger partial charge in [0.05, 0.1) is 7.11 Å². The van der Waals surface area contributed by atoms with Gasteiger partial charge >= 0.3 is 5.97 Å². The van der Waals surface area contributed by atoms with Crippen molar-refractivity contribution in [1.82, 2.24) is 10.9 Å². The number of methoxy groups -OCH3 is 1. The van der Waals surface area contributed by atoms with Gasteiger partial charge in [0, 0.05) is 5.70 Å². The third kappa shape index (κ3) is 9.65. The lowest BCUT2D eigenvalue weighted by Crippen LogP contribution is -2.38. The van der Waals surface area contributed by atoms with Gasteiger partial charge in [-0.2, -0.15) is 0 Å². The van der Waals surface area contributed by atoms with E-state index in [0.29, 0.717) is 0 Å². The van der Waals surface area contributed by atoms with Gasteiger partial charge in [-0.15, -0.1) is 0 Å². The van der Waals surface area contributed by atoms with E-state index in [4.69, 9.17) is 4.74 Å². The van der Waals surface area contributed by atoms with E-state index in [2.05, 4.69) is 17.8 Å². The molecule has 1 atom stereocenters. The summed E-state index contributed by atoms with van der Waals surface area (Å²) < 4.78 is 4.71. The topological polar surface area (TPSA) is 50.4 Å². The fraction of sp³-hybridized carbons (Fsp3) is 0.842. The van der Waals surface area contributed by atoms with Crippen LogP contribution in [0.4, 0.5) is 0 Å². The third-order valence-electron chi connectivity index (χ3n) is 4.51. The zero-order valence-corrected chi connectivity index (χ0v) is 15.2. The van der Waals surface area contributed by atoms with E-state index >= 15 is 0 Å². The molecule has 0 bridgehead atoms. The summed E-state index contributed by atoms with van der Waals surface area (Å²) in [5, 5.41) is 0. The minimum Gasteiger partial charge on any atom is -0.468 e. The van der Waals surface area contributed by atoms with Gasteiger partial charge < -0.3 is 10.2 Å². The van der Waals surface area contributed by atoms with Crippen LogP contribution in [0, 0.1) is 0 Å². The summed E-state index contributed by atoms with van der Waals surface area (Å²) >= 11 is 0. The van der Waals surface area contributed by atoms with Crippen LogP contribution < -0.4 is 10.9 Å². The predicted molar refractivity (Wildman–Crippen MR) is 95.9 cm³/mol. The van der Waals surface area contributed by atoms with E-state index < -0.39 is 0 Å². The van der Waals surface area contributed by atoms with Crippen molar-refractivity contribution in [1.29, 1.82) is 0 Å². The molecule has 1 rings (SSSR count). The van der Waals surface area contributed by atoms with E-state index in [1.807, 2.05) is 6.08 Å². The zero-order chi connectivity index (χ0) is 16.8. The number of hydrogen-bond acceptors (Lipinski definition) is 4. The van der Waals surface area contributed by atoms with Crippen molar-refractivity contribution in [2.24, 2.45) is 0 Å². The summed E-state index contributed by atoms with van der Waals surface area (Å²) in [6.07, 6.45) is 19.3. The molecule has 2 N–H and O–H groups in total. The SMILES string of the molecule is CCCCCCCCCCCCCCC1=CC(C(=O)OC)NN1. The lowest BCUT2D eigenvalue weighted by atomic mass is 10.0. The summed E-state index contributed by atoms with van der Waals surface area (Å²) in [6, 6.07) is -0.327. The normalized spacial score (nSPS) is 17.0. The van der Waals surface area contributed by atoms with E-state index in [9.17, 15) is 4.79 Å². The lowest BCUT2D eigenvalue weighted by molar-refractivity contribution is -0.141. The van der Waals surface area contributed by atoms with Crippen LogP contribution in [0.15, 0.2) is 11.8 Å². The second-order valence-electron chi connectivity index (χ2n) is 6.60. The highest BCUT2D eigenvalue weighted by Crippen LogP contribution is 2.15. The molecule has 0 aromatic rings. The van der Waals surface area contributed by atoms with Crippen molar-refractivity contribution in [3.63, 3.8) is 0 Å². The van der Waals surface area contributed by atoms with Crippen molar-refractivity contribution in [2.45, 2.75) is 96.4 Å². The maximum absolute atomic E-state index is 11.4. The molecule has 1 aliphatic rings. The van der Waals surface area contributed by atoms with Crippen molar-refractivity contribution in [2.75, 3.05) is 7.11 Å². The third-order valence-corrected chi connectivity index (χ3v) is 4.51. The second kappa shape index (κ2) is 13.4. The number of allylic oxidation sites excluding steroid dienone is 1. The Labute approximate surface area is 142 Å². The quantitative estimate of drug-likeness (QED) is 0.362. The van der Waals surface area contributed by atoms with Crippen LogP contribution in [0.3, 0.4) is 0 Å². The maximum Gasteiger partial charge on any atom is 0.328 e. The van der Waals surface area contributed by atoms with Crippen LogP contribution >= 0.6 is 0 Å². The fourth-order valence-electron chi connectivity index (χ4n) is 3.01. The van der Waals surface area contributed by atoms with E-state index in [1.165, 1.54) is 84.2 Å². The van der Waals surface area contributed by atoms with Gasteiger partial charge in [0.25, 0.3) is 0 Å². The first-order valence-electron chi connectivity index (χ1n) is 9.58. The molecule has 0 fully saturated rings. The number of esters is 1. The zero-order valence-electron chi connectivity index (χ0n) is 15.2. The number of rotatable bonds is 14. The Morgan fingerprint density at radius 2 is 1.48 bits per heavy atom. The first kappa shape index (κ1) is 20.0. The highest BCUT2D eigenvalue weighted by molar-refractivity contribution is 5.78. The van der Waals surface area contributed by atoms with Crippen LogP contribution in [-0.2, 0) is 9.53 Å². The molecule has 0 amide bonds. The Hall–Kier alpha value is -1.03. The van der Waals surface area contributed by atoms with Gasteiger partial charge in [0.15, 0.2) is 0 Å². The molecular weight excluding hydrogens is 288 g/mol. The molecule has 0 aromatic carbocycles. The van der Waals surface area contributed by atoms with Crippen molar-refractivity contribution >= 4 is 5.97 Å². The van der Waals surface area contributed by atoms with Gasteiger partial charge in [-0.05, 0) is 18.9 Å². The summed E-state index contributed by atoms with van der Waals surface area (Å²) in [7, 11) is 1.42. The summed E-state index contributed by atoms with van der Waals surface area (Å²) in [5.74, 6) is -0.234. The number of carbonyl (C=O) groups excluding carboxylic acids is 1. The van der Waals surface area contributed by atoms with Crippen LogP contribution in [0.1, 0.15) is 90.4 Å². The van der Waals surface area contributed by atoms with Crippen molar-refractivity contribution in [3.05, 3.63) is 11.8 Å². The minimum absolute atomic E-state index is 0.234. The molecule has 23 heavy (non-hydrogen) atoms. The number of nitrogens with one attached hydrogen (secondary N) is 2. The average molecular weight is 325 g/mol. The Bertz CT molecular complexity index is 342. The van der Waals surface area contributed by atoms with Crippen molar-refractivity contribution < 1.29 is 9.53 Å². The van der Waals surface area contributed by atoms with E-state index in [-0.39, 0.29) is 12.0 Å². The molecule has 0 saturated heterocycles. The highest BCUT2D eigenvalue weighted by atomic mass is 16.5. The highest BCUT2D eigenvalue weighted by Gasteiger charge is 2.21. The number of unbranched alkanes of at least 4 members (excludes halogenated alkanes) is 11. The molecule has 1 unspecified atom stereocenters. The standard InChI is InChI=1S/C19H36N2O2/c1-3-4-5-6-7-8-9-10-11-12-13-14-15-17-16-18(21-20-17)19(22)23-2/h16,18,20-21H,3-15H2,1-2H3. The van der Waals surface area contributed by atoms with Crippen LogP contribution in [0.5, 0.6) is 0 Å². The number of ether oxygens (including phenoxy) is 1. The molecule has 134 valence electrons. The van der Waals surface area contributed by atoms with Gasteiger partial charge in [0.2, 0.25) is 0 Å².